The number of sulfone groups is 1. The van der Waals surface area contributed by atoms with E-state index in [0.29, 0.717) is 12.3 Å². The van der Waals surface area contributed by atoms with Crippen molar-refractivity contribution in [1.82, 2.24) is 10.8 Å². The van der Waals surface area contributed by atoms with Crippen molar-refractivity contribution in [1.29, 1.82) is 0 Å². The van der Waals surface area contributed by atoms with Crippen LogP contribution in [-0.4, -0.2) is 42.5 Å². The van der Waals surface area contributed by atoms with E-state index in [1.165, 1.54) is 17.6 Å². The van der Waals surface area contributed by atoms with Gasteiger partial charge in [0.05, 0.1) is 4.90 Å². The Bertz CT molecular complexity index is 553. The maximum Gasteiger partial charge on any atom is 0.276 e. The number of hydrogen-bond donors (Lipinski definition) is 3. The molecule has 1 unspecified atom stereocenters. The third-order valence-corrected chi connectivity index (χ3v) is 7.21. The number of carbonyl (C=O) groups excluding carboxylic acids is 1. The van der Waals surface area contributed by atoms with Crippen LogP contribution in [0.5, 0.6) is 0 Å². The highest BCUT2D eigenvalue weighted by atomic mass is 32.3. The molecule has 19 heavy (non-hydrogen) atoms. The fraction of sp³-hybridized carbons (Fsp3) is 0.364. The summed E-state index contributed by atoms with van der Waals surface area (Å²) < 4.78 is 23.6. The first kappa shape index (κ1) is 14.3. The van der Waals surface area contributed by atoms with Gasteiger partial charge in [0.2, 0.25) is 13.9 Å². The highest BCUT2D eigenvalue weighted by molar-refractivity contribution is 8.16. The van der Waals surface area contributed by atoms with Crippen LogP contribution >= 0.6 is 11.8 Å². The van der Waals surface area contributed by atoms with E-state index in [4.69, 9.17) is 5.21 Å². The number of rotatable bonds is 3. The summed E-state index contributed by atoms with van der Waals surface area (Å²) in [6, 6.07) is 7.77. The quantitative estimate of drug-likeness (QED) is 0.537. The maximum atomic E-state index is 12.7. The lowest BCUT2D eigenvalue weighted by Gasteiger charge is -2.34. The molecule has 6 nitrogen and oxygen atoms in total. The van der Waals surface area contributed by atoms with Crippen LogP contribution in [0, 0.1) is 0 Å². The third-order valence-electron chi connectivity index (χ3n) is 2.91. The first-order valence-corrected chi connectivity index (χ1v) is 8.10. The molecule has 1 saturated heterocycles. The van der Waals surface area contributed by atoms with Crippen molar-refractivity contribution in [2.24, 2.45) is 0 Å². The van der Waals surface area contributed by atoms with Crippen LogP contribution in [-0.2, 0) is 14.6 Å². The van der Waals surface area contributed by atoms with Crippen LogP contribution in [0.2, 0.25) is 0 Å². The lowest BCUT2D eigenvalue weighted by molar-refractivity contribution is -0.129. The van der Waals surface area contributed by atoms with Crippen LogP contribution in [0.3, 0.4) is 0 Å². The minimum absolute atomic E-state index is 0.0404. The fourth-order valence-corrected chi connectivity index (χ4v) is 5.50. The zero-order valence-corrected chi connectivity index (χ0v) is 11.6. The van der Waals surface area contributed by atoms with E-state index in [0.717, 1.165) is 11.8 Å². The molecular formula is C11H14N2O4S2. The van der Waals surface area contributed by atoms with Gasteiger partial charge in [0.15, 0.2) is 0 Å². The van der Waals surface area contributed by atoms with Gasteiger partial charge in [-0.2, -0.15) is 0 Å². The van der Waals surface area contributed by atoms with E-state index >= 15 is 0 Å². The van der Waals surface area contributed by atoms with Crippen molar-refractivity contribution in [2.75, 3.05) is 18.8 Å². The Morgan fingerprint density at radius 3 is 2.58 bits per heavy atom. The monoisotopic (exact) mass is 302 g/mol. The van der Waals surface area contributed by atoms with Crippen molar-refractivity contribution < 1.29 is 18.4 Å². The lowest BCUT2D eigenvalue weighted by Crippen LogP contribution is -2.58. The van der Waals surface area contributed by atoms with Gasteiger partial charge in [-0.15, -0.1) is 11.8 Å². The molecule has 2 rings (SSSR count). The normalized spacial score (nSPS) is 23.8. The van der Waals surface area contributed by atoms with Gasteiger partial charge in [-0.1, -0.05) is 18.2 Å². The third kappa shape index (κ3) is 2.36. The number of hydroxylamine groups is 1. The number of thioether (sulfide) groups is 1. The Balaban J connectivity index is 2.52. The van der Waals surface area contributed by atoms with E-state index in [-0.39, 0.29) is 11.4 Å². The van der Waals surface area contributed by atoms with Crippen LogP contribution in [0.15, 0.2) is 35.2 Å². The summed E-state index contributed by atoms with van der Waals surface area (Å²) in [5.41, 5.74) is 1.47. The number of hydrogen-bond acceptors (Lipinski definition) is 6. The van der Waals surface area contributed by atoms with Gasteiger partial charge < -0.3 is 5.32 Å². The van der Waals surface area contributed by atoms with Gasteiger partial charge in [-0.05, 0) is 12.1 Å². The molecule has 0 saturated carbocycles. The van der Waals surface area contributed by atoms with Gasteiger partial charge in [-0.25, -0.2) is 13.9 Å². The lowest BCUT2D eigenvalue weighted by atomic mass is 10.3. The molecule has 1 aromatic carbocycles. The molecule has 3 N–H and O–H groups in total. The summed E-state index contributed by atoms with van der Waals surface area (Å²) in [5, 5.41) is 11.8. The molecule has 1 fully saturated rings. The Hall–Kier alpha value is -1.09. The Morgan fingerprint density at radius 1 is 1.37 bits per heavy atom. The second-order valence-electron chi connectivity index (χ2n) is 4.04. The van der Waals surface area contributed by atoms with E-state index in [1.807, 2.05) is 0 Å². The molecule has 0 bridgehead atoms. The Morgan fingerprint density at radius 2 is 2.05 bits per heavy atom. The van der Waals surface area contributed by atoms with Crippen molar-refractivity contribution in [2.45, 2.75) is 8.97 Å². The van der Waals surface area contributed by atoms with Crippen molar-refractivity contribution in [3.8, 4) is 0 Å². The van der Waals surface area contributed by atoms with Crippen molar-refractivity contribution in [3.05, 3.63) is 30.3 Å². The maximum absolute atomic E-state index is 12.7. The standard InChI is InChI=1S/C11H14N2O4S2/c14-10(13-15)11(8-12-6-7-18-11)19(16,17)9-4-2-1-3-5-9/h1-5,12,15H,6-8H2,(H,13,14). The molecule has 1 heterocycles. The highest BCUT2D eigenvalue weighted by Crippen LogP contribution is 2.37. The van der Waals surface area contributed by atoms with Gasteiger partial charge in [-0.3, -0.25) is 10.0 Å². The molecule has 0 spiro atoms. The fourth-order valence-electron chi connectivity index (χ4n) is 1.91. The van der Waals surface area contributed by atoms with Gasteiger partial charge >= 0.3 is 0 Å². The molecular weight excluding hydrogens is 288 g/mol. The average molecular weight is 302 g/mol. The summed E-state index contributed by atoms with van der Waals surface area (Å²) in [5.74, 6) is -0.451. The summed E-state index contributed by atoms with van der Waals surface area (Å²) in [6.07, 6.45) is 0. The predicted octanol–water partition coefficient (Wildman–Crippen LogP) is -0.00160. The molecule has 1 atom stereocenters. The van der Waals surface area contributed by atoms with E-state index in [1.54, 1.807) is 18.2 Å². The van der Waals surface area contributed by atoms with E-state index < -0.39 is 19.8 Å². The molecule has 1 aliphatic heterocycles. The highest BCUT2D eigenvalue weighted by Gasteiger charge is 2.53. The smallest absolute Gasteiger partial charge is 0.276 e. The second kappa shape index (κ2) is 5.49. The summed E-state index contributed by atoms with van der Waals surface area (Å²) in [4.78, 5) is 12.0. The Kier molecular flexibility index (Phi) is 4.14. The summed E-state index contributed by atoms with van der Waals surface area (Å²) >= 11 is 1.02. The number of carbonyl (C=O) groups is 1. The average Bonchev–Trinajstić information content (AvgIpc) is 2.47. The minimum atomic E-state index is -3.91. The molecule has 8 heteroatoms. The molecule has 0 aromatic heterocycles. The first-order valence-electron chi connectivity index (χ1n) is 5.63. The van der Waals surface area contributed by atoms with Crippen LogP contribution in [0.25, 0.3) is 0 Å². The van der Waals surface area contributed by atoms with Gasteiger partial charge in [0.25, 0.3) is 5.91 Å². The Labute approximate surface area is 115 Å². The van der Waals surface area contributed by atoms with Crippen LogP contribution < -0.4 is 10.8 Å². The van der Waals surface area contributed by atoms with E-state index in [9.17, 15) is 13.2 Å². The van der Waals surface area contributed by atoms with Crippen LogP contribution in [0.1, 0.15) is 0 Å². The number of nitrogens with one attached hydrogen (secondary N) is 2. The molecule has 0 radical (unpaired) electrons. The van der Waals surface area contributed by atoms with Crippen molar-refractivity contribution >= 4 is 27.5 Å². The largest absolute Gasteiger partial charge is 0.313 e. The van der Waals surface area contributed by atoms with Crippen molar-refractivity contribution in [3.63, 3.8) is 0 Å². The second-order valence-corrected chi connectivity index (χ2v) is 7.86. The zero-order chi connectivity index (χ0) is 13.9. The topological polar surface area (TPSA) is 95.5 Å². The first-order chi connectivity index (χ1) is 9.04. The molecule has 1 aromatic rings. The van der Waals surface area contributed by atoms with Gasteiger partial charge in [0, 0.05) is 18.8 Å². The predicted molar refractivity (Wildman–Crippen MR) is 71.6 cm³/mol. The molecule has 104 valence electrons. The number of amides is 1. The van der Waals surface area contributed by atoms with E-state index in [2.05, 4.69) is 5.32 Å². The number of benzene rings is 1. The SMILES string of the molecule is O=C(NO)C1(S(=O)(=O)c2ccccc2)CNCCS1. The minimum Gasteiger partial charge on any atom is -0.313 e. The summed E-state index contributed by atoms with van der Waals surface area (Å²) in [6.45, 7) is 0.580. The van der Waals surface area contributed by atoms with Crippen LogP contribution in [0.4, 0.5) is 0 Å². The van der Waals surface area contributed by atoms with Gasteiger partial charge in [0.1, 0.15) is 0 Å². The molecule has 1 aliphatic rings. The zero-order valence-electron chi connectivity index (χ0n) is 10.00. The summed E-state index contributed by atoms with van der Waals surface area (Å²) in [7, 11) is -3.91. The molecule has 1 amide bonds. The molecule has 0 aliphatic carbocycles.